The number of methoxy groups -OCH3 is 1. The van der Waals surface area contributed by atoms with Crippen LogP contribution in [-0.4, -0.2) is 32.1 Å². The molecule has 5 heteroatoms. The first-order chi connectivity index (χ1) is 11.2. The normalized spacial score (nSPS) is 20.5. The van der Waals surface area contributed by atoms with E-state index in [1.807, 2.05) is 24.3 Å². The van der Waals surface area contributed by atoms with E-state index < -0.39 is 0 Å². The summed E-state index contributed by atoms with van der Waals surface area (Å²) in [5.74, 6) is 1.83. The van der Waals surface area contributed by atoms with Gasteiger partial charge in [0.15, 0.2) is 0 Å². The van der Waals surface area contributed by atoms with Crippen molar-refractivity contribution in [2.45, 2.75) is 26.2 Å². The average Bonchev–Trinajstić information content (AvgIpc) is 2.96. The second kappa shape index (κ2) is 6.96. The van der Waals surface area contributed by atoms with Gasteiger partial charge in [0.2, 0.25) is 0 Å². The van der Waals surface area contributed by atoms with Crippen LogP contribution in [0.2, 0.25) is 0 Å². The van der Waals surface area contributed by atoms with E-state index in [2.05, 4.69) is 17.2 Å². The van der Waals surface area contributed by atoms with E-state index in [1.54, 1.807) is 7.11 Å². The Balaban J connectivity index is 1.83. The van der Waals surface area contributed by atoms with Crippen LogP contribution in [0.25, 0.3) is 6.08 Å². The number of amidine groups is 1. The van der Waals surface area contributed by atoms with Gasteiger partial charge in [-0.3, -0.25) is 4.79 Å². The van der Waals surface area contributed by atoms with Gasteiger partial charge in [-0.15, -0.1) is 0 Å². The highest BCUT2D eigenvalue weighted by Crippen LogP contribution is 2.24. The molecule has 1 fully saturated rings. The third-order valence-corrected chi connectivity index (χ3v) is 4.31. The fourth-order valence-electron chi connectivity index (χ4n) is 2.97. The highest BCUT2D eigenvalue weighted by atomic mass is 16.5. The summed E-state index contributed by atoms with van der Waals surface area (Å²) < 4.78 is 10.7. The van der Waals surface area contributed by atoms with Gasteiger partial charge in [0.05, 0.1) is 7.11 Å². The monoisotopic (exact) mass is 314 g/mol. The number of aliphatic imine (C=N–C) groups is 1. The summed E-state index contributed by atoms with van der Waals surface area (Å²) in [7, 11) is 1.67. The Kier molecular flexibility index (Phi) is 4.76. The number of nitrogens with zero attached hydrogens (tertiary/aromatic N) is 1. The molecular formula is C18H22N2O3. The minimum atomic E-state index is -0.125. The number of nitrogens with one attached hydrogen (secondary N) is 1. The van der Waals surface area contributed by atoms with Crippen LogP contribution in [0.1, 0.15) is 30.9 Å². The Morgan fingerprint density at radius 3 is 2.87 bits per heavy atom. The molecule has 2 heterocycles. The summed E-state index contributed by atoms with van der Waals surface area (Å²) >= 11 is 0. The molecule has 5 nitrogen and oxygen atoms in total. The summed E-state index contributed by atoms with van der Waals surface area (Å²) in [4.78, 5) is 16.7. The van der Waals surface area contributed by atoms with E-state index in [-0.39, 0.29) is 5.91 Å². The maximum Gasteiger partial charge on any atom is 0.275 e. The molecule has 0 aliphatic carbocycles. The van der Waals surface area contributed by atoms with E-state index in [0.29, 0.717) is 11.6 Å². The minimum absolute atomic E-state index is 0.125. The van der Waals surface area contributed by atoms with Gasteiger partial charge in [0, 0.05) is 19.1 Å². The van der Waals surface area contributed by atoms with Gasteiger partial charge in [-0.1, -0.05) is 13.0 Å². The van der Waals surface area contributed by atoms with E-state index in [0.717, 1.165) is 55.2 Å². The zero-order chi connectivity index (χ0) is 16.2. The summed E-state index contributed by atoms with van der Waals surface area (Å²) in [5, 5.41) is 2.91. The molecule has 0 spiro atoms. The molecule has 2 aliphatic rings. The van der Waals surface area contributed by atoms with Crippen molar-refractivity contribution in [2.24, 2.45) is 10.9 Å². The molecule has 1 aromatic carbocycles. The largest absolute Gasteiger partial charge is 0.496 e. The Labute approximate surface area is 136 Å². The highest BCUT2D eigenvalue weighted by molar-refractivity contribution is 6.15. The number of hydrogen-bond acceptors (Lipinski definition) is 4. The first-order valence-corrected chi connectivity index (χ1v) is 8.07. The third kappa shape index (κ3) is 3.45. The van der Waals surface area contributed by atoms with E-state index in [1.165, 1.54) is 0 Å². The number of benzene rings is 1. The van der Waals surface area contributed by atoms with Crippen molar-refractivity contribution in [1.82, 2.24) is 5.32 Å². The standard InChI is InChI=1S/C18H22N2O3/c1-3-13-10-12(4-5-16(13)22-2)11-15-18(21)20-17(19-15)14-6-8-23-9-7-14/h4-5,10-11,14H,3,6-9H2,1-2H3,(H,19,20,21)/b15-11+. The Bertz CT molecular complexity index is 658. The zero-order valence-corrected chi connectivity index (χ0v) is 13.6. The summed E-state index contributed by atoms with van der Waals surface area (Å²) in [6.07, 6.45) is 4.53. The lowest BCUT2D eigenvalue weighted by atomic mass is 9.99. The number of carbonyl (C=O) groups excluding carboxylic acids is 1. The zero-order valence-electron chi connectivity index (χ0n) is 13.6. The van der Waals surface area contributed by atoms with Gasteiger partial charge < -0.3 is 14.8 Å². The quantitative estimate of drug-likeness (QED) is 0.869. The summed E-state index contributed by atoms with van der Waals surface area (Å²) in [5.41, 5.74) is 2.55. The number of carbonyl (C=O) groups is 1. The molecular weight excluding hydrogens is 292 g/mol. The van der Waals surface area contributed by atoms with Gasteiger partial charge in [0.1, 0.15) is 17.3 Å². The van der Waals surface area contributed by atoms with Crippen LogP contribution >= 0.6 is 0 Å². The molecule has 1 aromatic rings. The molecule has 3 rings (SSSR count). The summed E-state index contributed by atoms with van der Waals surface area (Å²) in [6.45, 7) is 3.55. The van der Waals surface area contributed by atoms with Crippen molar-refractivity contribution in [3.8, 4) is 5.75 Å². The van der Waals surface area contributed by atoms with Crippen molar-refractivity contribution in [3.63, 3.8) is 0 Å². The number of aryl methyl sites for hydroxylation is 1. The topological polar surface area (TPSA) is 59.9 Å². The fourth-order valence-corrected chi connectivity index (χ4v) is 2.97. The van der Waals surface area contributed by atoms with Crippen LogP contribution in [0.15, 0.2) is 28.9 Å². The van der Waals surface area contributed by atoms with Crippen LogP contribution in [0.4, 0.5) is 0 Å². The lowest BCUT2D eigenvalue weighted by Gasteiger charge is -2.21. The number of hydrogen-bond donors (Lipinski definition) is 1. The first-order valence-electron chi connectivity index (χ1n) is 8.07. The molecule has 0 saturated carbocycles. The predicted molar refractivity (Wildman–Crippen MR) is 89.5 cm³/mol. The van der Waals surface area contributed by atoms with Crippen LogP contribution < -0.4 is 10.1 Å². The van der Waals surface area contributed by atoms with E-state index in [4.69, 9.17) is 9.47 Å². The minimum Gasteiger partial charge on any atom is -0.496 e. The molecule has 0 unspecified atom stereocenters. The molecule has 1 saturated heterocycles. The number of amides is 1. The van der Waals surface area contributed by atoms with Crippen molar-refractivity contribution in [2.75, 3.05) is 20.3 Å². The van der Waals surface area contributed by atoms with Crippen molar-refractivity contribution in [1.29, 1.82) is 0 Å². The molecule has 1 amide bonds. The molecule has 122 valence electrons. The number of rotatable bonds is 4. The maximum absolute atomic E-state index is 12.2. The summed E-state index contributed by atoms with van der Waals surface area (Å²) in [6, 6.07) is 5.92. The lowest BCUT2D eigenvalue weighted by Crippen LogP contribution is -2.33. The van der Waals surface area contributed by atoms with Crippen molar-refractivity contribution >= 4 is 17.8 Å². The van der Waals surface area contributed by atoms with E-state index in [9.17, 15) is 4.79 Å². The molecule has 0 bridgehead atoms. The second-order valence-electron chi connectivity index (χ2n) is 5.79. The molecule has 0 radical (unpaired) electrons. The Morgan fingerprint density at radius 2 is 2.17 bits per heavy atom. The molecule has 1 N–H and O–H groups in total. The van der Waals surface area contributed by atoms with E-state index >= 15 is 0 Å². The van der Waals surface area contributed by atoms with Gasteiger partial charge in [0.25, 0.3) is 5.91 Å². The highest BCUT2D eigenvalue weighted by Gasteiger charge is 2.27. The average molecular weight is 314 g/mol. The second-order valence-corrected chi connectivity index (χ2v) is 5.79. The molecule has 0 aromatic heterocycles. The molecule has 2 aliphatic heterocycles. The lowest BCUT2D eigenvalue weighted by molar-refractivity contribution is -0.115. The predicted octanol–water partition coefficient (Wildman–Crippen LogP) is 2.55. The van der Waals surface area contributed by atoms with Crippen LogP contribution in [0.5, 0.6) is 5.75 Å². The SMILES string of the molecule is CCc1cc(/C=C2/N=C(C3CCOCC3)NC2=O)ccc1OC. The van der Waals surface area contributed by atoms with Crippen LogP contribution in [-0.2, 0) is 16.0 Å². The molecule has 0 atom stereocenters. The van der Waals surface area contributed by atoms with Gasteiger partial charge >= 0.3 is 0 Å². The van der Waals surface area contributed by atoms with Crippen LogP contribution in [0, 0.1) is 5.92 Å². The van der Waals surface area contributed by atoms with Crippen molar-refractivity contribution < 1.29 is 14.3 Å². The fraction of sp³-hybridized carbons (Fsp3) is 0.444. The number of ether oxygens (including phenoxy) is 2. The van der Waals surface area contributed by atoms with Gasteiger partial charge in [-0.2, -0.15) is 0 Å². The maximum atomic E-state index is 12.2. The van der Waals surface area contributed by atoms with Gasteiger partial charge in [-0.25, -0.2) is 4.99 Å². The Hall–Kier alpha value is -2.14. The smallest absolute Gasteiger partial charge is 0.275 e. The van der Waals surface area contributed by atoms with Gasteiger partial charge in [-0.05, 0) is 48.6 Å². The first kappa shape index (κ1) is 15.7. The van der Waals surface area contributed by atoms with Crippen molar-refractivity contribution in [3.05, 3.63) is 35.0 Å². The Morgan fingerprint density at radius 1 is 1.39 bits per heavy atom. The third-order valence-electron chi connectivity index (χ3n) is 4.31. The van der Waals surface area contributed by atoms with Crippen LogP contribution in [0.3, 0.4) is 0 Å². The molecule has 23 heavy (non-hydrogen) atoms.